The topological polar surface area (TPSA) is 114 Å². The molecule has 7 nitrogen and oxygen atoms in total. The number of aromatic carboxylic acids is 1. The molecule has 3 aromatic rings. The van der Waals surface area contributed by atoms with Gasteiger partial charge in [-0.2, -0.15) is 5.26 Å². The minimum absolute atomic E-state index is 0.00802. The summed E-state index contributed by atoms with van der Waals surface area (Å²) in [5.41, 5.74) is 1.27. The Hall–Kier alpha value is -3.80. The Morgan fingerprint density at radius 1 is 1.19 bits per heavy atom. The monoisotopic (exact) mass is 463 g/mol. The maximum atomic E-state index is 12.8. The molecule has 1 aliphatic heterocycles. The van der Waals surface area contributed by atoms with Crippen LogP contribution in [0, 0.1) is 11.3 Å². The van der Waals surface area contributed by atoms with Crippen molar-refractivity contribution in [3.63, 3.8) is 0 Å². The Bertz CT molecular complexity index is 1340. The quantitative estimate of drug-likeness (QED) is 0.524. The van der Waals surface area contributed by atoms with Crippen LogP contribution in [0.25, 0.3) is 17.4 Å². The second-order valence-corrected chi connectivity index (χ2v) is 8.12. The molecule has 9 heteroatoms. The molecule has 1 saturated heterocycles. The van der Waals surface area contributed by atoms with E-state index < -0.39 is 17.1 Å². The third-order valence-electron chi connectivity index (χ3n) is 4.71. The number of benzene rings is 2. The van der Waals surface area contributed by atoms with Gasteiger partial charge in [-0.15, -0.1) is 0 Å². The molecule has 0 bridgehead atoms. The summed E-state index contributed by atoms with van der Waals surface area (Å²) in [6.07, 6.45) is 1.44. The fourth-order valence-electron chi connectivity index (χ4n) is 3.12. The van der Waals surface area contributed by atoms with Crippen molar-refractivity contribution in [1.29, 1.82) is 5.26 Å². The van der Waals surface area contributed by atoms with Gasteiger partial charge in [0, 0.05) is 22.2 Å². The number of thioether (sulfide) groups is 1. The molecule has 2 amide bonds. The van der Waals surface area contributed by atoms with E-state index in [0.717, 1.165) is 16.7 Å². The smallest absolute Gasteiger partial charge is 0.293 e. The summed E-state index contributed by atoms with van der Waals surface area (Å²) in [4.78, 5) is 37.6. The van der Waals surface area contributed by atoms with Crippen molar-refractivity contribution in [2.75, 3.05) is 0 Å². The average Bonchev–Trinajstić information content (AvgIpc) is 3.34. The first-order chi connectivity index (χ1) is 15.4. The summed E-state index contributed by atoms with van der Waals surface area (Å²) in [6.45, 7) is -0.00802. The van der Waals surface area contributed by atoms with Gasteiger partial charge in [0.2, 0.25) is 0 Å². The lowest BCUT2D eigenvalue weighted by Crippen LogP contribution is -2.27. The molecule has 1 aromatic heterocycles. The molecular weight excluding hydrogens is 452 g/mol. The Morgan fingerprint density at radius 2 is 1.97 bits per heavy atom. The first-order valence-corrected chi connectivity index (χ1v) is 10.4. The van der Waals surface area contributed by atoms with Crippen LogP contribution >= 0.6 is 23.4 Å². The van der Waals surface area contributed by atoms with Gasteiger partial charge in [0.25, 0.3) is 11.1 Å². The summed E-state index contributed by atoms with van der Waals surface area (Å²) in [7, 11) is 0. The third-order valence-corrected chi connectivity index (χ3v) is 5.95. The second-order valence-electron chi connectivity index (χ2n) is 6.72. The van der Waals surface area contributed by atoms with Crippen LogP contribution in [0.4, 0.5) is 4.79 Å². The number of carbonyl (C=O) groups is 3. The molecule has 0 unspecified atom stereocenters. The molecule has 2 heterocycles. The van der Waals surface area contributed by atoms with Crippen molar-refractivity contribution in [1.82, 2.24) is 4.90 Å². The Kier molecular flexibility index (Phi) is 5.86. The summed E-state index contributed by atoms with van der Waals surface area (Å²) >= 11 is 6.64. The SMILES string of the molecule is N#Cc1ccccc1CN1C(=O)S/C(=C/c2ccc(-c3ccc(Cl)c(C(=O)[O-])c3)o2)C1=O. The molecule has 0 atom stereocenters. The van der Waals surface area contributed by atoms with Gasteiger partial charge in [-0.25, -0.2) is 0 Å². The van der Waals surface area contributed by atoms with Crippen LogP contribution < -0.4 is 5.11 Å². The summed E-state index contributed by atoms with van der Waals surface area (Å²) in [6, 6.07) is 16.4. The molecule has 1 aliphatic rings. The number of amides is 2. The molecule has 0 saturated carbocycles. The number of halogens is 1. The van der Waals surface area contributed by atoms with E-state index in [0.29, 0.717) is 28.2 Å². The van der Waals surface area contributed by atoms with Crippen molar-refractivity contribution < 1.29 is 23.9 Å². The lowest BCUT2D eigenvalue weighted by atomic mass is 10.1. The molecule has 0 spiro atoms. The highest BCUT2D eigenvalue weighted by Gasteiger charge is 2.35. The first-order valence-electron chi connectivity index (χ1n) is 9.22. The van der Waals surface area contributed by atoms with E-state index in [1.165, 1.54) is 18.2 Å². The first kappa shape index (κ1) is 21.4. The highest BCUT2D eigenvalue weighted by molar-refractivity contribution is 8.18. The zero-order valence-electron chi connectivity index (χ0n) is 16.2. The number of hydrogen-bond donors (Lipinski definition) is 0. The molecule has 158 valence electrons. The second kappa shape index (κ2) is 8.75. The van der Waals surface area contributed by atoms with Crippen LogP contribution in [0.5, 0.6) is 0 Å². The minimum Gasteiger partial charge on any atom is -0.545 e. The van der Waals surface area contributed by atoms with Crippen molar-refractivity contribution in [3.05, 3.63) is 87.0 Å². The van der Waals surface area contributed by atoms with Gasteiger partial charge >= 0.3 is 0 Å². The Morgan fingerprint density at radius 3 is 2.72 bits per heavy atom. The van der Waals surface area contributed by atoms with E-state index in [9.17, 15) is 24.8 Å². The maximum absolute atomic E-state index is 12.8. The van der Waals surface area contributed by atoms with E-state index in [-0.39, 0.29) is 22.0 Å². The zero-order valence-corrected chi connectivity index (χ0v) is 17.8. The van der Waals surface area contributed by atoms with Crippen LogP contribution in [0.2, 0.25) is 5.02 Å². The van der Waals surface area contributed by atoms with E-state index in [1.807, 2.05) is 6.07 Å². The number of carboxylic acid groups (broad SMARTS) is 1. The highest BCUT2D eigenvalue weighted by Crippen LogP contribution is 2.35. The Balaban J connectivity index is 1.57. The fraction of sp³-hybridized carbons (Fsp3) is 0.0435. The summed E-state index contributed by atoms with van der Waals surface area (Å²) < 4.78 is 5.71. The van der Waals surface area contributed by atoms with Gasteiger partial charge in [-0.1, -0.05) is 29.8 Å². The maximum Gasteiger partial charge on any atom is 0.293 e. The van der Waals surface area contributed by atoms with Crippen LogP contribution in [-0.2, 0) is 11.3 Å². The number of rotatable bonds is 5. The molecular formula is C23H12ClN2O5S-. The van der Waals surface area contributed by atoms with Gasteiger partial charge in [-0.05, 0) is 53.7 Å². The van der Waals surface area contributed by atoms with Crippen LogP contribution in [-0.4, -0.2) is 22.0 Å². The lowest BCUT2D eigenvalue weighted by molar-refractivity contribution is -0.255. The minimum atomic E-state index is -1.41. The standard InChI is InChI=1S/C23H13ClN2O5S/c24-18-7-5-13(9-17(18)22(28)29)19-8-6-16(31-19)10-20-21(27)26(23(30)32-20)12-15-4-2-1-3-14(15)11-25/h1-10H,12H2,(H,28,29)/p-1/b20-10+. The van der Waals surface area contributed by atoms with Gasteiger partial charge < -0.3 is 14.3 Å². The molecule has 2 aromatic carbocycles. The zero-order chi connectivity index (χ0) is 22.8. The molecule has 32 heavy (non-hydrogen) atoms. The number of hydrogen-bond acceptors (Lipinski definition) is 7. The largest absolute Gasteiger partial charge is 0.545 e. The van der Waals surface area contributed by atoms with Crippen LogP contribution in [0.3, 0.4) is 0 Å². The predicted molar refractivity (Wildman–Crippen MR) is 116 cm³/mol. The third kappa shape index (κ3) is 4.17. The van der Waals surface area contributed by atoms with E-state index in [4.69, 9.17) is 16.0 Å². The van der Waals surface area contributed by atoms with Crippen molar-refractivity contribution >= 4 is 46.6 Å². The fourth-order valence-corrected chi connectivity index (χ4v) is 4.14. The number of imide groups is 1. The van der Waals surface area contributed by atoms with Crippen molar-refractivity contribution in [2.24, 2.45) is 0 Å². The number of nitriles is 1. The van der Waals surface area contributed by atoms with Crippen LogP contribution in [0.1, 0.15) is 27.2 Å². The van der Waals surface area contributed by atoms with Gasteiger partial charge in [0.05, 0.1) is 29.1 Å². The molecule has 0 aliphatic carbocycles. The molecule has 1 fully saturated rings. The van der Waals surface area contributed by atoms with E-state index in [2.05, 4.69) is 0 Å². The highest BCUT2D eigenvalue weighted by atomic mass is 35.5. The molecule has 4 rings (SSSR count). The predicted octanol–water partition coefficient (Wildman–Crippen LogP) is 4.07. The number of nitrogens with zero attached hydrogens (tertiary/aromatic N) is 2. The Labute approximate surface area is 191 Å². The van der Waals surface area contributed by atoms with Gasteiger partial charge in [0.1, 0.15) is 11.5 Å². The molecule has 0 N–H and O–H groups in total. The van der Waals surface area contributed by atoms with Crippen molar-refractivity contribution in [2.45, 2.75) is 6.54 Å². The average molecular weight is 464 g/mol. The van der Waals surface area contributed by atoms with E-state index >= 15 is 0 Å². The number of carbonyl (C=O) groups excluding carboxylic acids is 3. The normalized spacial score (nSPS) is 14.8. The number of carboxylic acids is 1. The van der Waals surface area contributed by atoms with Gasteiger partial charge in [-0.3, -0.25) is 14.5 Å². The van der Waals surface area contributed by atoms with E-state index in [1.54, 1.807) is 42.5 Å². The summed E-state index contributed by atoms with van der Waals surface area (Å²) in [5.74, 6) is -1.22. The summed E-state index contributed by atoms with van der Waals surface area (Å²) in [5, 5.41) is 20.0. The van der Waals surface area contributed by atoms with Crippen LogP contribution in [0.15, 0.2) is 63.9 Å². The van der Waals surface area contributed by atoms with Crippen molar-refractivity contribution in [3.8, 4) is 17.4 Å². The van der Waals surface area contributed by atoms with Gasteiger partial charge in [0.15, 0.2) is 0 Å². The molecule has 0 radical (unpaired) electrons. The lowest BCUT2D eigenvalue weighted by Gasteiger charge is -2.13. The number of furan rings is 1.